The molecule has 2 aliphatic heterocycles. The zero-order valence-corrected chi connectivity index (χ0v) is 17.9. The molecule has 4 rings (SSSR count). The Bertz CT molecular complexity index is 822. The lowest BCUT2D eigenvalue weighted by Gasteiger charge is -2.41. The molecule has 2 fully saturated rings. The topological polar surface area (TPSA) is 39.7 Å². The Hall–Kier alpha value is -1.98. The van der Waals surface area contributed by atoms with Crippen LogP contribution in [0.3, 0.4) is 0 Å². The highest BCUT2D eigenvalue weighted by molar-refractivity contribution is 5.97. The second-order valence-corrected chi connectivity index (χ2v) is 8.77. The van der Waals surface area contributed by atoms with Crippen LogP contribution in [0.25, 0.3) is 10.9 Å². The third-order valence-corrected chi connectivity index (χ3v) is 6.84. The van der Waals surface area contributed by atoms with Gasteiger partial charge in [-0.25, -0.2) is 0 Å². The Balaban J connectivity index is 1.33. The van der Waals surface area contributed by atoms with Crippen molar-refractivity contribution in [3.05, 3.63) is 42.1 Å². The summed E-state index contributed by atoms with van der Waals surface area (Å²) in [5.74, 6) is 0.721. The number of likely N-dealkylation sites (tertiary alicyclic amines) is 2. The monoisotopic (exact) mass is 394 g/mol. The van der Waals surface area contributed by atoms with E-state index in [9.17, 15) is 4.79 Å². The summed E-state index contributed by atoms with van der Waals surface area (Å²) in [6.07, 6.45) is 6.74. The van der Waals surface area contributed by atoms with E-state index < -0.39 is 0 Å². The van der Waals surface area contributed by atoms with Crippen molar-refractivity contribution in [2.45, 2.75) is 38.6 Å². The number of aromatic nitrogens is 1. The summed E-state index contributed by atoms with van der Waals surface area (Å²) in [5.41, 5.74) is 1.64. The predicted octanol–water partition coefficient (Wildman–Crippen LogP) is 3.50. The minimum absolute atomic E-state index is 0.114. The summed E-state index contributed by atoms with van der Waals surface area (Å²) in [5, 5.41) is 1.03. The van der Waals surface area contributed by atoms with E-state index in [0.29, 0.717) is 11.5 Å². The van der Waals surface area contributed by atoms with E-state index in [-0.39, 0.29) is 5.91 Å². The van der Waals surface area contributed by atoms with Crippen molar-refractivity contribution in [1.82, 2.24) is 19.7 Å². The molecule has 0 atom stereocenters. The van der Waals surface area contributed by atoms with Gasteiger partial charge in [0.15, 0.2) is 0 Å². The highest BCUT2D eigenvalue weighted by atomic mass is 16.2. The molecule has 3 heterocycles. The first kappa shape index (κ1) is 20.3. The average Bonchev–Trinajstić information content (AvgIpc) is 2.77. The summed E-state index contributed by atoms with van der Waals surface area (Å²) in [6.45, 7) is 8.51. The Morgan fingerprint density at radius 3 is 2.55 bits per heavy atom. The summed E-state index contributed by atoms with van der Waals surface area (Å²) in [4.78, 5) is 24.7. The maximum absolute atomic E-state index is 13.1. The Kier molecular flexibility index (Phi) is 6.46. The molecule has 29 heavy (non-hydrogen) atoms. The number of hydrogen-bond donors (Lipinski definition) is 0. The molecule has 156 valence electrons. The zero-order chi connectivity index (χ0) is 20.2. The predicted molar refractivity (Wildman–Crippen MR) is 118 cm³/mol. The normalized spacial score (nSPS) is 20.2. The second kappa shape index (κ2) is 9.23. The fraction of sp³-hybridized carbons (Fsp3) is 0.583. The van der Waals surface area contributed by atoms with E-state index in [1.165, 1.54) is 51.9 Å². The standard InChI is InChI=1S/C24H34N4O/c1-3-27(24(29)21-16-20-6-4-5-7-23(20)25-17-21)18-19-8-14-28(15-9-19)22-10-12-26(2)13-11-22/h4-7,16-17,19,22H,3,8-15,18H2,1-2H3. The number of carbonyl (C=O) groups is 1. The fourth-order valence-corrected chi connectivity index (χ4v) is 4.90. The van der Waals surface area contributed by atoms with Crippen LogP contribution in [0.5, 0.6) is 0 Å². The molecule has 2 aromatic rings. The Labute approximate surface area is 174 Å². The first-order valence-electron chi connectivity index (χ1n) is 11.2. The molecule has 1 aromatic heterocycles. The smallest absolute Gasteiger partial charge is 0.255 e. The molecule has 1 amide bonds. The first-order chi connectivity index (χ1) is 14.1. The van der Waals surface area contributed by atoms with Gasteiger partial charge < -0.3 is 14.7 Å². The van der Waals surface area contributed by atoms with Crippen molar-refractivity contribution in [2.75, 3.05) is 46.3 Å². The van der Waals surface area contributed by atoms with E-state index in [1.807, 2.05) is 35.2 Å². The van der Waals surface area contributed by atoms with Gasteiger partial charge in [0.05, 0.1) is 11.1 Å². The maximum atomic E-state index is 13.1. The van der Waals surface area contributed by atoms with Gasteiger partial charge >= 0.3 is 0 Å². The molecule has 0 aliphatic carbocycles. The van der Waals surface area contributed by atoms with Gasteiger partial charge in [-0.2, -0.15) is 0 Å². The summed E-state index contributed by atoms with van der Waals surface area (Å²) < 4.78 is 0. The van der Waals surface area contributed by atoms with Crippen LogP contribution >= 0.6 is 0 Å². The highest BCUT2D eigenvalue weighted by Crippen LogP contribution is 2.25. The van der Waals surface area contributed by atoms with Crippen LogP contribution in [0, 0.1) is 5.92 Å². The van der Waals surface area contributed by atoms with E-state index in [4.69, 9.17) is 0 Å². The molecule has 2 aliphatic rings. The number of rotatable bonds is 5. The lowest BCUT2D eigenvalue weighted by Crippen LogP contribution is -2.48. The van der Waals surface area contributed by atoms with Gasteiger partial charge in [-0.05, 0) is 83.9 Å². The van der Waals surface area contributed by atoms with E-state index in [0.717, 1.165) is 30.0 Å². The van der Waals surface area contributed by atoms with Crippen molar-refractivity contribution in [1.29, 1.82) is 0 Å². The van der Waals surface area contributed by atoms with Crippen LogP contribution in [0.4, 0.5) is 0 Å². The highest BCUT2D eigenvalue weighted by Gasteiger charge is 2.29. The molecule has 5 heteroatoms. The van der Waals surface area contributed by atoms with Crippen LogP contribution in [-0.2, 0) is 0 Å². The van der Waals surface area contributed by atoms with Crippen molar-refractivity contribution in [3.8, 4) is 0 Å². The minimum Gasteiger partial charge on any atom is -0.339 e. The van der Waals surface area contributed by atoms with Gasteiger partial charge in [-0.1, -0.05) is 18.2 Å². The first-order valence-corrected chi connectivity index (χ1v) is 11.2. The number of nitrogens with zero attached hydrogens (tertiary/aromatic N) is 4. The third-order valence-electron chi connectivity index (χ3n) is 6.84. The maximum Gasteiger partial charge on any atom is 0.255 e. The van der Waals surface area contributed by atoms with Gasteiger partial charge in [-0.3, -0.25) is 9.78 Å². The largest absolute Gasteiger partial charge is 0.339 e. The number of amides is 1. The fourth-order valence-electron chi connectivity index (χ4n) is 4.90. The van der Waals surface area contributed by atoms with E-state index >= 15 is 0 Å². The molecule has 0 N–H and O–H groups in total. The summed E-state index contributed by atoms with van der Waals surface area (Å²) >= 11 is 0. The van der Waals surface area contributed by atoms with Crippen molar-refractivity contribution in [2.24, 2.45) is 5.92 Å². The van der Waals surface area contributed by atoms with Crippen LogP contribution in [0.15, 0.2) is 36.5 Å². The Morgan fingerprint density at radius 1 is 1.10 bits per heavy atom. The van der Waals surface area contributed by atoms with Crippen LogP contribution in [0.1, 0.15) is 43.0 Å². The molecule has 0 radical (unpaired) electrons. The van der Waals surface area contributed by atoms with E-state index in [1.54, 1.807) is 6.20 Å². The molecule has 0 bridgehead atoms. The van der Waals surface area contributed by atoms with Gasteiger partial charge in [0.1, 0.15) is 0 Å². The summed E-state index contributed by atoms with van der Waals surface area (Å²) in [7, 11) is 2.23. The van der Waals surface area contributed by atoms with Crippen LogP contribution in [-0.4, -0.2) is 77.9 Å². The number of para-hydroxylation sites is 1. The quantitative estimate of drug-likeness (QED) is 0.778. The van der Waals surface area contributed by atoms with Crippen LogP contribution < -0.4 is 0 Å². The lowest BCUT2D eigenvalue weighted by molar-refractivity contribution is 0.0611. The number of fused-ring (bicyclic) bond motifs is 1. The lowest BCUT2D eigenvalue weighted by atomic mass is 9.93. The number of carbonyl (C=O) groups excluding carboxylic acids is 1. The average molecular weight is 395 g/mol. The van der Waals surface area contributed by atoms with Crippen molar-refractivity contribution < 1.29 is 4.79 Å². The molecule has 5 nitrogen and oxygen atoms in total. The van der Waals surface area contributed by atoms with Gasteiger partial charge in [-0.15, -0.1) is 0 Å². The molecular weight excluding hydrogens is 360 g/mol. The minimum atomic E-state index is 0.114. The number of benzene rings is 1. The molecule has 0 unspecified atom stereocenters. The van der Waals surface area contributed by atoms with Crippen LogP contribution in [0.2, 0.25) is 0 Å². The zero-order valence-electron chi connectivity index (χ0n) is 17.9. The number of hydrogen-bond acceptors (Lipinski definition) is 4. The number of pyridine rings is 1. The molecule has 0 saturated carbocycles. The van der Waals surface area contributed by atoms with Gasteiger partial charge in [0.2, 0.25) is 0 Å². The van der Waals surface area contributed by atoms with Crippen molar-refractivity contribution in [3.63, 3.8) is 0 Å². The van der Waals surface area contributed by atoms with Crippen molar-refractivity contribution >= 4 is 16.8 Å². The van der Waals surface area contributed by atoms with Gasteiger partial charge in [0.25, 0.3) is 5.91 Å². The molecular formula is C24H34N4O. The number of piperidine rings is 2. The molecule has 0 spiro atoms. The Morgan fingerprint density at radius 2 is 1.83 bits per heavy atom. The molecule has 1 aromatic carbocycles. The van der Waals surface area contributed by atoms with E-state index in [2.05, 4.69) is 28.8 Å². The summed E-state index contributed by atoms with van der Waals surface area (Å²) in [6, 6.07) is 10.7. The third kappa shape index (κ3) is 4.78. The SMILES string of the molecule is CCN(CC1CCN(C2CCN(C)CC2)CC1)C(=O)c1cnc2ccccc2c1. The second-order valence-electron chi connectivity index (χ2n) is 8.77. The van der Waals surface area contributed by atoms with Gasteiger partial charge in [0, 0.05) is 30.7 Å². The molecule has 2 saturated heterocycles.